The van der Waals surface area contributed by atoms with Crippen LogP contribution < -0.4 is 16.2 Å². The van der Waals surface area contributed by atoms with E-state index in [0.717, 1.165) is 0 Å². The van der Waals surface area contributed by atoms with Gasteiger partial charge in [0, 0.05) is 5.69 Å². The zero-order valence-electron chi connectivity index (χ0n) is 10.3. The molecule has 1 aromatic rings. The Balaban J connectivity index is 3.04. The number of benzene rings is 1. The van der Waals surface area contributed by atoms with E-state index < -0.39 is 16.1 Å². The Labute approximate surface area is 106 Å². The van der Waals surface area contributed by atoms with Crippen LogP contribution in [0.15, 0.2) is 23.1 Å². The first-order valence-electron chi connectivity index (χ1n) is 5.45. The van der Waals surface area contributed by atoms with Gasteiger partial charge in [-0.2, -0.15) is 0 Å². The van der Waals surface area contributed by atoms with Crippen LogP contribution in [0.3, 0.4) is 0 Å². The number of hydrogen-bond acceptors (Lipinski definition) is 4. The Hall–Kier alpha value is -1.44. The van der Waals surface area contributed by atoms with Gasteiger partial charge < -0.3 is 11.1 Å². The average molecular weight is 271 g/mol. The highest BCUT2D eigenvalue weighted by Gasteiger charge is 2.15. The van der Waals surface area contributed by atoms with Crippen LogP contribution in [0, 0.1) is 6.92 Å². The maximum atomic E-state index is 11.6. The van der Waals surface area contributed by atoms with Gasteiger partial charge in [-0.25, -0.2) is 13.6 Å². The molecule has 0 spiro atoms. The van der Waals surface area contributed by atoms with Crippen LogP contribution in [-0.4, -0.2) is 20.4 Å². The van der Waals surface area contributed by atoms with Crippen LogP contribution >= 0.6 is 0 Å². The third-order valence-corrected chi connectivity index (χ3v) is 3.59. The molecule has 1 amide bonds. The molecule has 0 unspecified atom stereocenters. The molecule has 0 fully saturated rings. The molecule has 100 valence electrons. The van der Waals surface area contributed by atoms with E-state index in [2.05, 4.69) is 5.32 Å². The molecule has 0 radical (unpaired) electrons. The smallest absolute Gasteiger partial charge is 0.241 e. The zero-order chi connectivity index (χ0) is 13.9. The number of aryl methyl sites for hydroxylation is 1. The Morgan fingerprint density at radius 2 is 2.06 bits per heavy atom. The number of carbonyl (C=O) groups is 1. The minimum absolute atomic E-state index is 0.00892. The van der Waals surface area contributed by atoms with Crippen molar-refractivity contribution in [3.8, 4) is 0 Å². The predicted molar refractivity (Wildman–Crippen MR) is 69.4 cm³/mol. The average Bonchev–Trinajstić information content (AvgIpc) is 2.29. The number of amides is 1. The number of nitrogens with one attached hydrogen (secondary N) is 1. The number of primary sulfonamides is 1. The highest BCUT2D eigenvalue weighted by molar-refractivity contribution is 7.89. The van der Waals surface area contributed by atoms with Gasteiger partial charge in [0.1, 0.15) is 0 Å². The summed E-state index contributed by atoms with van der Waals surface area (Å²) in [5, 5.41) is 7.63. The van der Waals surface area contributed by atoms with E-state index in [1.165, 1.54) is 6.07 Å². The molecule has 7 heteroatoms. The minimum Gasteiger partial charge on any atom is -0.325 e. The third-order valence-electron chi connectivity index (χ3n) is 2.54. The first kappa shape index (κ1) is 14.6. The largest absolute Gasteiger partial charge is 0.325 e. The first-order chi connectivity index (χ1) is 8.25. The summed E-state index contributed by atoms with van der Waals surface area (Å²) < 4.78 is 22.6. The molecule has 0 aromatic heterocycles. The SMILES string of the molecule is CC[C@H](N)C(=O)Nc1ccc(C)c(S(N)(=O)=O)c1. The van der Waals surface area contributed by atoms with Crippen LogP contribution in [-0.2, 0) is 14.8 Å². The van der Waals surface area contributed by atoms with Crippen LogP contribution in [0.4, 0.5) is 5.69 Å². The molecule has 1 aromatic carbocycles. The van der Waals surface area contributed by atoms with Crippen LogP contribution in [0.2, 0.25) is 0 Å². The van der Waals surface area contributed by atoms with Crippen molar-refractivity contribution < 1.29 is 13.2 Å². The molecule has 1 rings (SSSR count). The quantitative estimate of drug-likeness (QED) is 0.731. The van der Waals surface area contributed by atoms with Gasteiger partial charge in [0.05, 0.1) is 10.9 Å². The molecule has 0 aliphatic carbocycles. The number of hydrogen-bond donors (Lipinski definition) is 3. The van der Waals surface area contributed by atoms with Crippen molar-refractivity contribution in [3.63, 3.8) is 0 Å². The summed E-state index contributed by atoms with van der Waals surface area (Å²) >= 11 is 0. The lowest BCUT2D eigenvalue weighted by Crippen LogP contribution is -2.34. The second-order valence-corrected chi connectivity index (χ2v) is 5.56. The van der Waals surface area contributed by atoms with Crippen molar-refractivity contribution in [2.45, 2.75) is 31.2 Å². The fraction of sp³-hybridized carbons (Fsp3) is 0.364. The molecule has 6 nitrogen and oxygen atoms in total. The second kappa shape index (κ2) is 5.47. The lowest BCUT2D eigenvalue weighted by atomic mass is 10.2. The molecule has 0 heterocycles. The summed E-state index contributed by atoms with van der Waals surface area (Å²) in [6, 6.07) is 3.88. The fourth-order valence-corrected chi connectivity index (χ4v) is 2.21. The van der Waals surface area contributed by atoms with Crippen molar-refractivity contribution in [1.29, 1.82) is 0 Å². The molecule has 1 atom stereocenters. The summed E-state index contributed by atoms with van der Waals surface area (Å²) in [6.45, 7) is 3.41. The fourth-order valence-electron chi connectivity index (χ4n) is 1.40. The van der Waals surface area contributed by atoms with Crippen molar-refractivity contribution in [3.05, 3.63) is 23.8 Å². The second-order valence-electron chi connectivity index (χ2n) is 4.03. The first-order valence-corrected chi connectivity index (χ1v) is 7.00. The third kappa shape index (κ3) is 3.52. The Morgan fingerprint density at radius 3 is 2.56 bits per heavy atom. The van der Waals surface area contributed by atoms with Crippen LogP contribution in [0.1, 0.15) is 18.9 Å². The number of sulfonamides is 1. The van der Waals surface area contributed by atoms with Crippen LogP contribution in [0.25, 0.3) is 0 Å². The van der Waals surface area contributed by atoms with Crippen molar-refractivity contribution in [2.24, 2.45) is 10.9 Å². The standard InChI is InChI=1S/C11H17N3O3S/c1-3-9(12)11(15)14-8-5-4-7(2)10(6-8)18(13,16)17/h4-6,9H,3,12H2,1-2H3,(H,14,15)(H2,13,16,17)/t9-/m0/s1. The van der Waals surface area contributed by atoms with E-state index >= 15 is 0 Å². The molecular weight excluding hydrogens is 254 g/mol. The van der Waals surface area contributed by atoms with Gasteiger partial charge >= 0.3 is 0 Å². The van der Waals surface area contributed by atoms with Gasteiger partial charge in [0.25, 0.3) is 0 Å². The maximum Gasteiger partial charge on any atom is 0.241 e. The Kier molecular flexibility index (Phi) is 4.44. The Morgan fingerprint density at radius 1 is 1.44 bits per heavy atom. The summed E-state index contributed by atoms with van der Waals surface area (Å²) in [7, 11) is -3.80. The number of nitrogens with two attached hydrogens (primary N) is 2. The number of anilines is 1. The number of rotatable bonds is 4. The molecular formula is C11H17N3O3S. The van der Waals surface area contributed by atoms with Gasteiger partial charge in [0.2, 0.25) is 15.9 Å². The van der Waals surface area contributed by atoms with Gasteiger partial charge in [0.15, 0.2) is 0 Å². The molecule has 5 N–H and O–H groups in total. The maximum absolute atomic E-state index is 11.6. The predicted octanol–water partition coefficient (Wildman–Crippen LogP) is 0.318. The summed E-state index contributed by atoms with van der Waals surface area (Å²) in [6.07, 6.45) is 0.500. The molecule has 0 aliphatic heterocycles. The summed E-state index contributed by atoms with van der Waals surface area (Å²) in [5.41, 5.74) is 6.45. The highest BCUT2D eigenvalue weighted by Crippen LogP contribution is 2.19. The van der Waals surface area contributed by atoms with Gasteiger partial charge in [-0.1, -0.05) is 13.0 Å². The zero-order valence-corrected chi connectivity index (χ0v) is 11.1. The van der Waals surface area contributed by atoms with E-state index in [0.29, 0.717) is 17.7 Å². The van der Waals surface area contributed by atoms with E-state index in [-0.39, 0.29) is 10.8 Å². The van der Waals surface area contributed by atoms with Crippen molar-refractivity contribution >= 4 is 21.6 Å². The van der Waals surface area contributed by atoms with E-state index in [9.17, 15) is 13.2 Å². The number of carbonyl (C=O) groups excluding carboxylic acids is 1. The minimum atomic E-state index is -3.80. The molecule has 18 heavy (non-hydrogen) atoms. The summed E-state index contributed by atoms with van der Waals surface area (Å²) in [5.74, 6) is -0.360. The molecule has 0 bridgehead atoms. The topological polar surface area (TPSA) is 115 Å². The van der Waals surface area contributed by atoms with Crippen molar-refractivity contribution in [2.75, 3.05) is 5.32 Å². The van der Waals surface area contributed by atoms with E-state index in [4.69, 9.17) is 10.9 Å². The molecule has 0 saturated carbocycles. The van der Waals surface area contributed by atoms with Crippen LogP contribution in [0.5, 0.6) is 0 Å². The normalized spacial score (nSPS) is 13.1. The van der Waals surface area contributed by atoms with Crippen molar-refractivity contribution in [1.82, 2.24) is 0 Å². The molecule has 0 aliphatic rings. The van der Waals surface area contributed by atoms with Gasteiger partial charge in [-0.05, 0) is 31.0 Å². The highest BCUT2D eigenvalue weighted by atomic mass is 32.2. The molecule has 0 saturated heterocycles. The van der Waals surface area contributed by atoms with E-state index in [1.807, 2.05) is 0 Å². The summed E-state index contributed by atoms with van der Waals surface area (Å²) in [4.78, 5) is 11.6. The van der Waals surface area contributed by atoms with E-state index in [1.54, 1.807) is 26.0 Å². The van der Waals surface area contributed by atoms with Gasteiger partial charge in [-0.15, -0.1) is 0 Å². The lowest BCUT2D eigenvalue weighted by Gasteiger charge is -2.11. The monoisotopic (exact) mass is 271 g/mol. The van der Waals surface area contributed by atoms with Gasteiger partial charge in [-0.3, -0.25) is 4.79 Å². The Bertz CT molecular complexity index is 555. The lowest BCUT2D eigenvalue weighted by molar-refractivity contribution is -0.117.